The Labute approximate surface area is 113 Å². The predicted molar refractivity (Wildman–Crippen MR) is 76.7 cm³/mol. The Morgan fingerprint density at radius 1 is 1.00 bits per heavy atom. The van der Waals surface area contributed by atoms with E-state index in [2.05, 4.69) is 38.2 Å². The van der Waals surface area contributed by atoms with E-state index in [0.717, 1.165) is 12.5 Å². The monoisotopic (exact) mass is 250 g/mol. The van der Waals surface area contributed by atoms with Gasteiger partial charge in [-0.05, 0) is 69.4 Å². The Hall–Kier alpha value is -0.0800. The molecule has 18 heavy (non-hydrogen) atoms. The fourth-order valence-electron chi connectivity index (χ4n) is 6.19. The Morgan fingerprint density at radius 3 is 2.11 bits per heavy atom. The van der Waals surface area contributed by atoms with Gasteiger partial charge in [0.15, 0.2) is 0 Å². The first-order chi connectivity index (χ1) is 8.32. The molecule has 104 valence electrons. The second-order valence-corrected chi connectivity index (χ2v) is 8.64. The summed E-state index contributed by atoms with van der Waals surface area (Å²) in [6.45, 7) is 7.43. The number of hydrogen-bond donors (Lipinski definition) is 1. The molecule has 0 aromatic heterocycles. The van der Waals surface area contributed by atoms with Gasteiger partial charge >= 0.3 is 0 Å². The molecule has 4 aliphatic rings. The fraction of sp³-hybridized carbons (Fsp3) is 1.00. The van der Waals surface area contributed by atoms with Crippen molar-refractivity contribution in [3.8, 4) is 0 Å². The van der Waals surface area contributed by atoms with Crippen LogP contribution in [0.2, 0.25) is 0 Å². The molecule has 0 aliphatic heterocycles. The molecule has 4 rings (SSSR count). The third-order valence-corrected chi connectivity index (χ3v) is 5.69. The summed E-state index contributed by atoms with van der Waals surface area (Å²) in [6, 6.07) is 0. The van der Waals surface area contributed by atoms with Gasteiger partial charge in [-0.1, -0.05) is 13.8 Å². The van der Waals surface area contributed by atoms with E-state index < -0.39 is 0 Å². The van der Waals surface area contributed by atoms with Gasteiger partial charge in [0.05, 0.1) is 0 Å². The highest BCUT2D eigenvalue weighted by Gasteiger charge is 2.59. The van der Waals surface area contributed by atoms with Crippen molar-refractivity contribution in [3.63, 3.8) is 0 Å². The van der Waals surface area contributed by atoms with Crippen molar-refractivity contribution in [2.75, 3.05) is 27.2 Å². The van der Waals surface area contributed by atoms with Crippen molar-refractivity contribution in [2.24, 2.45) is 16.7 Å². The van der Waals surface area contributed by atoms with Gasteiger partial charge in [0, 0.05) is 18.6 Å². The summed E-state index contributed by atoms with van der Waals surface area (Å²) in [4.78, 5) is 2.29. The van der Waals surface area contributed by atoms with Gasteiger partial charge in [-0.3, -0.25) is 0 Å². The molecule has 0 heterocycles. The lowest BCUT2D eigenvalue weighted by molar-refractivity contribution is -0.117. The van der Waals surface area contributed by atoms with E-state index in [1.165, 1.54) is 45.1 Å². The zero-order chi connectivity index (χ0) is 13.0. The molecule has 4 saturated carbocycles. The molecule has 2 unspecified atom stereocenters. The quantitative estimate of drug-likeness (QED) is 0.825. The van der Waals surface area contributed by atoms with Gasteiger partial charge in [0.25, 0.3) is 0 Å². The van der Waals surface area contributed by atoms with Crippen LogP contribution in [0.5, 0.6) is 0 Å². The van der Waals surface area contributed by atoms with Gasteiger partial charge in [0.1, 0.15) is 0 Å². The van der Waals surface area contributed by atoms with Crippen LogP contribution >= 0.6 is 0 Å². The molecule has 4 aliphatic carbocycles. The molecule has 0 spiro atoms. The molecule has 2 nitrogen and oxygen atoms in total. The smallest absolute Gasteiger partial charge is 0.0195 e. The van der Waals surface area contributed by atoms with Crippen LogP contribution in [0.25, 0.3) is 0 Å². The highest BCUT2D eigenvalue weighted by atomic mass is 15.1. The van der Waals surface area contributed by atoms with Crippen LogP contribution in [0.3, 0.4) is 0 Å². The van der Waals surface area contributed by atoms with E-state index in [9.17, 15) is 0 Å². The second-order valence-electron chi connectivity index (χ2n) is 8.64. The third-order valence-electron chi connectivity index (χ3n) is 5.69. The lowest BCUT2D eigenvalue weighted by atomic mass is 9.43. The molecule has 2 atom stereocenters. The van der Waals surface area contributed by atoms with E-state index in [1.54, 1.807) is 0 Å². The average molecular weight is 250 g/mol. The van der Waals surface area contributed by atoms with Crippen LogP contribution in [0.4, 0.5) is 0 Å². The van der Waals surface area contributed by atoms with E-state index in [0.29, 0.717) is 16.4 Å². The zero-order valence-electron chi connectivity index (χ0n) is 12.7. The van der Waals surface area contributed by atoms with Crippen molar-refractivity contribution >= 4 is 0 Å². The summed E-state index contributed by atoms with van der Waals surface area (Å²) < 4.78 is 0. The fourth-order valence-corrected chi connectivity index (χ4v) is 6.19. The molecule has 0 aromatic carbocycles. The van der Waals surface area contributed by atoms with Gasteiger partial charge in [-0.2, -0.15) is 0 Å². The largest absolute Gasteiger partial charge is 0.310 e. The van der Waals surface area contributed by atoms with Crippen molar-refractivity contribution < 1.29 is 0 Å². The maximum absolute atomic E-state index is 3.97. The summed E-state index contributed by atoms with van der Waals surface area (Å²) >= 11 is 0. The van der Waals surface area contributed by atoms with E-state index >= 15 is 0 Å². The summed E-state index contributed by atoms with van der Waals surface area (Å²) in [5.74, 6) is 1.00. The summed E-state index contributed by atoms with van der Waals surface area (Å²) in [7, 11) is 4.34. The van der Waals surface area contributed by atoms with Gasteiger partial charge < -0.3 is 10.2 Å². The lowest BCUT2D eigenvalue weighted by Crippen LogP contribution is -2.64. The van der Waals surface area contributed by atoms with Crippen LogP contribution in [0.15, 0.2) is 0 Å². The third kappa shape index (κ3) is 2.22. The number of hydrogen-bond acceptors (Lipinski definition) is 2. The van der Waals surface area contributed by atoms with E-state index in [-0.39, 0.29) is 0 Å². The maximum atomic E-state index is 3.97. The van der Waals surface area contributed by atoms with Gasteiger partial charge in [0.2, 0.25) is 0 Å². The Kier molecular flexibility index (Phi) is 2.84. The molecule has 0 amide bonds. The second kappa shape index (κ2) is 3.96. The standard InChI is InChI=1S/C16H30N2/c1-14-7-13-8-15(2,10-14)12-16(9-13,11-14)17-5-6-18(3)4/h13,17H,5-12H2,1-4H3. The first-order valence-corrected chi connectivity index (χ1v) is 7.72. The number of nitrogens with zero attached hydrogens (tertiary/aromatic N) is 1. The summed E-state index contributed by atoms with van der Waals surface area (Å²) in [5.41, 5.74) is 1.76. The van der Waals surface area contributed by atoms with Crippen LogP contribution in [-0.4, -0.2) is 37.6 Å². The normalized spacial score (nSPS) is 50.2. The van der Waals surface area contributed by atoms with Crippen LogP contribution in [0.1, 0.15) is 52.4 Å². The Morgan fingerprint density at radius 2 is 1.61 bits per heavy atom. The van der Waals surface area contributed by atoms with Crippen molar-refractivity contribution in [1.29, 1.82) is 0 Å². The van der Waals surface area contributed by atoms with Crippen molar-refractivity contribution in [2.45, 2.75) is 57.9 Å². The van der Waals surface area contributed by atoms with Crippen LogP contribution < -0.4 is 5.32 Å². The Bertz CT molecular complexity index is 318. The first kappa shape index (κ1) is 12.9. The summed E-state index contributed by atoms with van der Waals surface area (Å²) in [5, 5.41) is 3.97. The SMILES string of the molecule is CN(C)CCNC12CC3CC(C)(CC(C)(C3)C1)C2. The highest BCUT2D eigenvalue weighted by molar-refractivity contribution is 5.14. The average Bonchev–Trinajstić information content (AvgIpc) is 2.09. The first-order valence-electron chi connectivity index (χ1n) is 7.72. The Balaban J connectivity index is 1.72. The van der Waals surface area contributed by atoms with Crippen molar-refractivity contribution in [3.05, 3.63) is 0 Å². The number of rotatable bonds is 4. The van der Waals surface area contributed by atoms with Crippen LogP contribution in [-0.2, 0) is 0 Å². The highest BCUT2D eigenvalue weighted by Crippen LogP contribution is 2.66. The molecule has 0 radical (unpaired) electrons. The number of likely N-dealkylation sites (N-methyl/N-ethyl adjacent to an activating group) is 1. The summed E-state index contributed by atoms with van der Waals surface area (Å²) in [6.07, 6.45) is 8.79. The minimum Gasteiger partial charge on any atom is -0.310 e. The van der Waals surface area contributed by atoms with Gasteiger partial charge in [-0.25, -0.2) is 0 Å². The topological polar surface area (TPSA) is 15.3 Å². The minimum atomic E-state index is 0.485. The number of nitrogens with one attached hydrogen (secondary N) is 1. The maximum Gasteiger partial charge on any atom is 0.0195 e. The molecule has 0 aromatic rings. The molecular weight excluding hydrogens is 220 g/mol. The molecule has 1 N–H and O–H groups in total. The zero-order valence-corrected chi connectivity index (χ0v) is 12.7. The molecule has 4 bridgehead atoms. The predicted octanol–water partition coefficient (Wildman–Crippen LogP) is 2.89. The minimum absolute atomic E-state index is 0.485. The molecular formula is C16H30N2. The molecule has 4 fully saturated rings. The van der Waals surface area contributed by atoms with E-state index in [4.69, 9.17) is 0 Å². The van der Waals surface area contributed by atoms with Crippen LogP contribution in [0, 0.1) is 16.7 Å². The lowest BCUT2D eigenvalue weighted by Gasteiger charge is -2.65. The van der Waals surface area contributed by atoms with E-state index in [1.807, 2.05) is 0 Å². The van der Waals surface area contributed by atoms with Crippen molar-refractivity contribution in [1.82, 2.24) is 10.2 Å². The molecule has 2 heteroatoms. The molecule has 0 saturated heterocycles. The van der Waals surface area contributed by atoms with Gasteiger partial charge in [-0.15, -0.1) is 0 Å².